The van der Waals surface area contributed by atoms with E-state index < -0.39 is 22.0 Å². The number of sulfonamides is 1. The molecule has 2 saturated heterocycles. The van der Waals surface area contributed by atoms with Gasteiger partial charge in [0.15, 0.2) is 0 Å². The van der Waals surface area contributed by atoms with Crippen LogP contribution < -0.4 is 5.73 Å². The van der Waals surface area contributed by atoms with Gasteiger partial charge in [-0.05, 0) is 49.6 Å². The van der Waals surface area contributed by atoms with Gasteiger partial charge in [-0.1, -0.05) is 35.3 Å². The summed E-state index contributed by atoms with van der Waals surface area (Å²) in [6.45, 7) is 2.66. The Morgan fingerprint density at radius 3 is 2.69 bits per heavy atom. The van der Waals surface area contributed by atoms with Crippen LogP contribution in [0.15, 0.2) is 47.4 Å². The van der Waals surface area contributed by atoms with Gasteiger partial charge in [-0.25, -0.2) is 13.4 Å². The first-order valence-corrected chi connectivity index (χ1v) is 15.3. The molecule has 0 saturated carbocycles. The minimum absolute atomic E-state index is 0.0271. The second kappa shape index (κ2) is 11.7. The number of amides is 1. The van der Waals surface area contributed by atoms with Crippen LogP contribution in [0, 0.1) is 5.92 Å². The van der Waals surface area contributed by atoms with Crippen LogP contribution in [0.2, 0.25) is 10.0 Å². The zero-order chi connectivity index (χ0) is 27.7. The van der Waals surface area contributed by atoms with Crippen LogP contribution >= 0.6 is 23.2 Å². The number of likely N-dealkylation sites (tertiary alicyclic amines) is 1. The lowest BCUT2D eigenvalue weighted by molar-refractivity contribution is -0.136. The average Bonchev–Trinajstić information content (AvgIpc) is 3.51. The first-order valence-electron chi connectivity index (χ1n) is 13.1. The van der Waals surface area contributed by atoms with Crippen LogP contribution in [0.4, 0.5) is 0 Å². The molecule has 0 spiro atoms. The summed E-state index contributed by atoms with van der Waals surface area (Å²) in [5.74, 6) is 0.318. The van der Waals surface area contributed by atoms with Gasteiger partial charge >= 0.3 is 0 Å². The Morgan fingerprint density at radius 2 is 1.92 bits per heavy atom. The number of benzene rings is 2. The maximum Gasteiger partial charge on any atom is 0.243 e. The van der Waals surface area contributed by atoms with Crippen molar-refractivity contribution in [3.05, 3.63) is 58.3 Å². The Bertz CT molecular complexity index is 1460. The molecule has 2 N–H and O–H groups in total. The van der Waals surface area contributed by atoms with Crippen LogP contribution in [0.5, 0.6) is 0 Å². The third kappa shape index (κ3) is 5.68. The maximum absolute atomic E-state index is 13.7. The predicted octanol–water partition coefficient (Wildman–Crippen LogP) is 3.73. The molecule has 210 valence electrons. The van der Waals surface area contributed by atoms with Gasteiger partial charge in [0.05, 0.1) is 31.9 Å². The van der Waals surface area contributed by atoms with E-state index in [1.54, 1.807) is 7.11 Å². The van der Waals surface area contributed by atoms with Gasteiger partial charge in [-0.2, -0.15) is 4.31 Å². The van der Waals surface area contributed by atoms with Crippen LogP contribution in [-0.2, 0) is 26.1 Å². The minimum Gasteiger partial charge on any atom is -0.385 e. The molecule has 1 aromatic heterocycles. The number of hydrogen-bond acceptors (Lipinski definition) is 6. The number of rotatable bonds is 8. The van der Waals surface area contributed by atoms with Crippen LogP contribution in [0.3, 0.4) is 0 Å². The molecule has 9 nitrogen and oxygen atoms in total. The molecule has 3 aromatic rings. The number of aryl methyl sites for hydroxylation is 1. The first-order chi connectivity index (χ1) is 18.7. The van der Waals surface area contributed by atoms with Gasteiger partial charge in [0.2, 0.25) is 15.9 Å². The lowest BCUT2D eigenvalue weighted by atomic mass is 9.94. The van der Waals surface area contributed by atoms with Gasteiger partial charge in [0, 0.05) is 58.4 Å². The summed E-state index contributed by atoms with van der Waals surface area (Å²) >= 11 is 12.0. The van der Waals surface area contributed by atoms with Crippen LogP contribution in [0.25, 0.3) is 11.0 Å². The van der Waals surface area contributed by atoms with Crippen molar-refractivity contribution in [1.82, 2.24) is 18.8 Å². The standard InChI is InChI=1S/C27H33Cl2N5O4S/c1-38-13-5-12-34-25-8-3-2-7-24(25)31-26(34)18-6-4-11-32(15-18)27(35)20-16-33(17-23(20)30)39(36,37)19-9-10-21(28)22(29)14-19/h2-3,7-10,14,18,20,23H,4-6,11-13,15-17,30H2,1H3/t18?,20-,23-/m1/s1. The highest BCUT2D eigenvalue weighted by molar-refractivity contribution is 7.89. The van der Waals surface area contributed by atoms with Crippen molar-refractivity contribution < 1.29 is 17.9 Å². The van der Waals surface area contributed by atoms with Crippen molar-refractivity contribution >= 4 is 50.2 Å². The quantitative estimate of drug-likeness (QED) is 0.398. The predicted molar refractivity (Wildman–Crippen MR) is 151 cm³/mol. The molecular weight excluding hydrogens is 561 g/mol. The molecule has 1 unspecified atom stereocenters. The molecule has 0 aliphatic carbocycles. The van der Waals surface area contributed by atoms with E-state index in [2.05, 4.69) is 10.6 Å². The Kier molecular flexibility index (Phi) is 8.51. The minimum atomic E-state index is -3.88. The molecule has 3 atom stereocenters. The Labute approximate surface area is 238 Å². The zero-order valence-electron chi connectivity index (χ0n) is 21.8. The molecule has 12 heteroatoms. The number of halogens is 2. The van der Waals surface area contributed by atoms with Crippen molar-refractivity contribution in [3.8, 4) is 0 Å². The number of nitrogens with two attached hydrogens (primary N) is 1. The maximum atomic E-state index is 13.7. The van der Waals surface area contributed by atoms with E-state index in [9.17, 15) is 13.2 Å². The number of hydrogen-bond donors (Lipinski definition) is 1. The van der Waals surface area contributed by atoms with Crippen molar-refractivity contribution in [3.63, 3.8) is 0 Å². The summed E-state index contributed by atoms with van der Waals surface area (Å²) in [6, 6.07) is 11.7. The fourth-order valence-electron chi connectivity index (χ4n) is 5.67. The molecule has 0 bridgehead atoms. The summed E-state index contributed by atoms with van der Waals surface area (Å²) in [6.07, 6.45) is 2.62. The zero-order valence-corrected chi connectivity index (χ0v) is 24.1. The Hall–Kier alpha value is -2.21. The molecule has 2 aliphatic heterocycles. The molecule has 2 aliphatic rings. The number of methoxy groups -OCH3 is 1. The molecule has 2 fully saturated rings. The number of ether oxygens (including phenoxy) is 1. The monoisotopic (exact) mass is 593 g/mol. The van der Waals surface area contributed by atoms with Gasteiger partial charge in [-0.3, -0.25) is 4.79 Å². The summed E-state index contributed by atoms with van der Waals surface area (Å²) in [5.41, 5.74) is 8.38. The van der Waals surface area contributed by atoms with Crippen LogP contribution in [-0.4, -0.2) is 79.0 Å². The van der Waals surface area contributed by atoms with Gasteiger partial charge in [0.25, 0.3) is 0 Å². The van der Waals surface area contributed by atoms with Crippen LogP contribution in [0.1, 0.15) is 31.0 Å². The van der Waals surface area contributed by atoms with Gasteiger partial charge in [0.1, 0.15) is 5.82 Å². The number of carbonyl (C=O) groups excluding carboxylic acids is 1. The number of fused-ring (bicyclic) bond motifs is 1. The second-order valence-corrected chi connectivity index (χ2v) is 13.0. The Morgan fingerprint density at radius 1 is 1.13 bits per heavy atom. The highest BCUT2D eigenvalue weighted by atomic mass is 35.5. The van der Waals surface area contributed by atoms with E-state index in [1.165, 1.54) is 22.5 Å². The number of nitrogens with zero attached hydrogens (tertiary/aromatic N) is 4. The largest absolute Gasteiger partial charge is 0.385 e. The Balaban J connectivity index is 1.33. The summed E-state index contributed by atoms with van der Waals surface area (Å²) in [7, 11) is -2.18. The van der Waals surface area contributed by atoms with Crippen molar-refractivity contribution in [2.45, 2.75) is 42.7 Å². The lowest BCUT2D eigenvalue weighted by Crippen LogP contribution is -2.47. The summed E-state index contributed by atoms with van der Waals surface area (Å²) in [4.78, 5) is 20.5. The number of aromatic nitrogens is 2. The fraction of sp³-hybridized carbons (Fsp3) is 0.481. The lowest BCUT2D eigenvalue weighted by Gasteiger charge is -2.35. The smallest absolute Gasteiger partial charge is 0.243 e. The summed E-state index contributed by atoms with van der Waals surface area (Å²) < 4.78 is 35.4. The molecule has 2 aromatic carbocycles. The van der Waals surface area contributed by atoms with Crippen molar-refractivity contribution in [2.75, 3.05) is 39.9 Å². The highest BCUT2D eigenvalue weighted by Gasteiger charge is 2.43. The number of para-hydroxylation sites is 2. The number of carbonyl (C=O) groups is 1. The molecule has 5 rings (SSSR count). The molecule has 1 amide bonds. The van der Waals surface area contributed by atoms with E-state index in [-0.39, 0.29) is 39.9 Å². The molecular formula is C27H33Cl2N5O4S. The topological polar surface area (TPSA) is 111 Å². The first kappa shape index (κ1) is 28.3. The highest BCUT2D eigenvalue weighted by Crippen LogP contribution is 2.33. The third-order valence-corrected chi connectivity index (χ3v) is 10.3. The summed E-state index contributed by atoms with van der Waals surface area (Å²) in [5, 5.41) is 0.426. The fourth-order valence-corrected chi connectivity index (χ4v) is 7.56. The van der Waals surface area contributed by atoms with Crippen molar-refractivity contribution in [1.29, 1.82) is 0 Å². The molecule has 0 radical (unpaired) electrons. The van der Waals surface area contributed by atoms with Crippen molar-refractivity contribution in [2.24, 2.45) is 11.7 Å². The second-order valence-electron chi connectivity index (χ2n) is 10.2. The van der Waals surface area contributed by atoms with E-state index in [0.29, 0.717) is 19.7 Å². The number of imidazole rings is 1. The van der Waals surface area contributed by atoms with E-state index in [0.717, 1.165) is 42.7 Å². The number of piperidine rings is 1. The average molecular weight is 595 g/mol. The normalized spacial score (nSPS) is 22.6. The van der Waals surface area contributed by atoms with E-state index in [4.69, 9.17) is 38.7 Å². The SMILES string of the molecule is COCCCn1c(C2CCCN(C(=O)[C@@H]3CN(S(=O)(=O)c4ccc(Cl)c(Cl)c4)C[C@H]3N)C2)nc2ccccc21. The van der Waals surface area contributed by atoms with E-state index >= 15 is 0 Å². The molecule has 39 heavy (non-hydrogen) atoms. The molecule has 3 heterocycles. The van der Waals surface area contributed by atoms with E-state index in [1.807, 2.05) is 23.1 Å². The van der Waals surface area contributed by atoms with Gasteiger partial charge in [-0.15, -0.1) is 0 Å². The van der Waals surface area contributed by atoms with Gasteiger partial charge < -0.3 is 19.9 Å². The third-order valence-electron chi connectivity index (χ3n) is 7.69.